The van der Waals surface area contributed by atoms with Crippen molar-refractivity contribution in [3.8, 4) is 11.5 Å². The largest absolute Gasteiger partial charge is 0.457 e. The van der Waals surface area contributed by atoms with Crippen LogP contribution < -0.4 is 20.3 Å². The van der Waals surface area contributed by atoms with Crippen LogP contribution in [-0.2, 0) is 9.59 Å². The van der Waals surface area contributed by atoms with Crippen molar-refractivity contribution in [1.82, 2.24) is 14.9 Å². The average molecular weight is 667 g/mol. The zero-order chi connectivity index (χ0) is 36.3. The molecule has 3 aromatic carbocycles. The van der Waals surface area contributed by atoms with Crippen LogP contribution >= 0.6 is 0 Å². The minimum Gasteiger partial charge on any atom is -0.457 e. The molecule has 1 aromatic heterocycles. The van der Waals surface area contributed by atoms with Crippen LogP contribution in [0.25, 0.3) is 0 Å². The Morgan fingerprint density at radius 2 is 1.57 bits per heavy atom. The lowest BCUT2D eigenvalue weighted by Crippen LogP contribution is -2.25. The topological polar surface area (TPSA) is 105 Å². The number of aryl methyl sites for hydroxylation is 3. The molecule has 0 spiro atoms. The van der Waals surface area contributed by atoms with Gasteiger partial charge in [-0.05, 0) is 101 Å². The molecule has 49 heavy (non-hydrogen) atoms. The number of nitrogens with two attached hydrogens (primary N) is 1. The van der Waals surface area contributed by atoms with Gasteiger partial charge in [0.05, 0.1) is 5.69 Å². The molecule has 0 bridgehead atoms. The van der Waals surface area contributed by atoms with Gasteiger partial charge in [-0.25, -0.2) is 9.97 Å². The summed E-state index contributed by atoms with van der Waals surface area (Å²) in [6.45, 7) is 12.5. The van der Waals surface area contributed by atoms with E-state index >= 15 is 0 Å². The van der Waals surface area contributed by atoms with E-state index in [-0.39, 0.29) is 5.91 Å². The normalized spacial score (nSPS) is 11.6. The summed E-state index contributed by atoms with van der Waals surface area (Å²) in [5, 5.41) is 0. The molecule has 5 rings (SSSR count). The predicted molar refractivity (Wildman–Crippen MR) is 204 cm³/mol. The number of anilines is 4. The highest BCUT2D eigenvalue weighted by atomic mass is 16.5. The number of nitrogen functional groups attached to an aromatic ring is 1. The molecule has 1 aliphatic rings. The van der Waals surface area contributed by atoms with Crippen molar-refractivity contribution >= 4 is 35.1 Å². The molecule has 0 aliphatic heterocycles. The predicted octanol–water partition coefficient (Wildman–Crippen LogP) is 8.47. The summed E-state index contributed by atoms with van der Waals surface area (Å²) in [4.78, 5) is 35.1. The SMILES string of the molecule is CC=O.CCC.Cc1cc(N(C)c2c(C)ncnc2N)ccc1Oc1ccccc1.Cc1cccc(N(C)C(=O)/C=C/CN(C)C2CC2)c1. The van der Waals surface area contributed by atoms with Crippen molar-refractivity contribution in [2.45, 2.75) is 66.8 Å². The maximum atomic E-state index is 12.0. The number of amides is 1. The molecule has 9 nitrogen and oxygen atoms in total. The molecule has 0 unspecified atom stereocenters. The third-order valence-corrected chi connectivity index (χ3v) is 7.43. The van der Waals surface area contributed by atoms with Crippen LogP contribution in [0.4, 0.5) is 22.9 Å². The van der Waals surface area contributed by atoms with Gasteiger partial charge in [-0.3, -0.25) is 9.69 Å². The van der Waals surface area contributed by atoms with Crippen LogP contribution in [0.15, 0.2) is 91.3 Å². The standard InChI is InChI=1S/C19H20N4O.C16H22N2O.C3H8.C2H4O/c1-13-11-15(23(3)18-14(2)21-12-22-19(18)20)9-10-17(13)24-16-7-5-4-6-8-16;1-13-6-4-7-15(12-13)18(3)16(19)8-5-11-17(2)14-9-10-14;1-3-2;1-2-3/h4-12H,1-3H3,(H2,20,21,22);4-8,12,14H,9-11H2,1-3H3;3H2,1-2H3;2H,1H3/b;8-5+;;. The van der Waals surface area contributed by atoms with Crippen LogP contribution in [0, 0.1) is 20.8 Å². The number of hydrogen-bond donors (Lipinski definition) is 1. The molecule has 0 atom stereocenters. The van der Waals surface area contributed by atoms with E-state index < -0.39 is 0 Å². The van der Waals surface area contributed by atoms with Crippen molar-refractivity contribution in [2.75, 3.05) is 43.2 Å². The van der Waals surface area contributed by atoms with E-state index in [1.54, 1.807) is 11.0 Å². The van der Waals surface area contributed by atoms with E-state index in [1.807, 2.05) is 113 Å². The summed E-state index contributed by atoms with van der Waals surface area (Å²) >= 11 is 0. The third kappa shape index (κ3) is 13.6. The van der Waals surface area contributed by atoms with Crippen LogP contribution in [0.1, 0.15) is 56.9 Å². The van der Waals surface area contributed by atoms with Gasteiger partial charge in [0.25, 0.3) is 0 Å². The fraction of sp³-hybridized carbons (Fsp3) is 0.350. The number of carbonyl (C=O) groups is 2. The summed E-state index contributed by atoms with van der Waals surface area (Å²) < 4.78 is 5.93. The number of nitrogens with zero attached hydrogens (tertiary/aromatic N) is 5. The summed E-state index contributed by atoms with van der Waals surface area (Å²) in [7, 11) is 5.87. The number of ether oxygens (including phenoxy) is 1. The number of hydrogen-bond acceptors (Lipinski definition) is 8. The van der Waals surface area contributed by atoms with Gasteiger partial charge in [0, 0.05) is 44.1 Å². The number of aromatic nitrogens is 2. The van der Waals surface area contributed by atoms with E-state index in [9.17, 15) is 4.79 Å². The molecule has 1 amide bonds. The number of benzene rings is 3. The van der Waals surface area contributed by atoms with Crippen LogP contribution in [0.3, 0.4) is 0 Å². The van der Waals surface area contributed by atoms with Crippen LogP contribution in [0.2, 0.25) is 0 Å². The number of rotatable bonds is 9. The summed E-state index contributed by atoms with van der Waals surface area (Å²) in [5.41, 5.74) is 11.8. The van der Waals surface area contributed by atoms with Crippen molar-refractivity contribution in [3.05, 3.63) is 108 Å². The third-order valence-electron chi connectivity index (χ3n) is 7.43. The Labute approximate surface area is 293 Å². The molecule has 4 aromatic rings. The molecule has 1 heterocycles. The van der Waals surface area contributed by atoms with Crippen molar-refractivity contribution in [3.63, 3.8) is 0 Å². The van der Waals surface area contributed by atoms with Gasteiger partial charge in [-0.15, -0.1) is 0 Å². The molecule has 1 fully saturated rings. The van der Waals surface area contributed by atoms with E-state index in [0.717, 1.165) is 64.3 Å². The van der Waals surface area contributed by atoms with Crippen LogP contribution in [-0.4, -0.2) is 60.8 Å². The Morgan fingerprint density at radius 3 is 2.14 bits per heavy atom. The molecule has 0 saturated heterocycles. The fourth-order valence-electron chi connectivity index (χ4n) is 4.66. The highest BCUT2D eigenvalue weighted by Crippen LogP contribution is 2.33. The number of likely N-dealkylation sites (N-methyl/N-ethyl adjacent to an activating group) is 2. The lowest BCUT2D eigenvalue weighted by molar-refractivity contribution is -0.114. The highest BCUT2D eigenvalue weighted by Gasteiger charge is 2.25. The second-order valence-electron chi connectivity index (χ2n) is 11.9. The Kier molecular flexibility index (Phi) is 17.3. The Balaban J connectivity index is 0.000000299. The van der Waals surface area contributed by atoms with Gasteiger partial charge in [0.2, 0.25) is 5.91 Å². The Bertz CT molecular complexity index is 1600. The molecule has 1 saturated carbocycles. The van der Waals surface area contributed by atoms with Gasteiger partial charge in [0.1, 0.15) is 29.8 Å². The molecular weight excluding hydrogens is 612 g/mol. The average Bonchev–Trinajstić information content (AvgIpc) is 3.93. The van der Waals surface area contributed by atoms with Gasteiger partial charge in [-0.1, -0.05) is 56.7 Å². The molecule has 9 heteroatoms. The minimum absolute atomic E-state index is 0.0230. The Morgan fingerprint density at radius 1 is 0.918 bits per heavy atom. The first-order chi connectivity index (χ1) is 23.5. The molecular formula is C40H54N6O3. The maximum Gasteiger partial charge on any atom is 0.250 e. The van der Waals surface area contributed by atoms with E-state index in [2.05, 4.69) is 41.8 Å². The number of para-hydroxylation sites is 1. The first kappa shape index (κ1) is 40.2. The second-order valence-corrected chi connectivity index (χ2v) is 11.9. The quantitative estimate of drug-likeness (QED) is 0.140. The van der Waals surface area contributed by atoms with Gasteiger partial charge in [-0.2, -0.15) is 0 Å². The minimum atomic E-state index is 0.0230. The van der Waals surface area contributed by atoms with Gasteiger partial charge >= 0.3 is 0 Å². The first-order valence-corrected chi connectivity index (χ1v) is 16.7. The number of aldehydes is 1. The fourth-order valence-corrected chi connectivity index (χ4v) is 4.66. The lowest BCUT2D eigenvalue weighted by atomic mass is 10.1. The van der Waals surface area contributed by atoms with Gasteiger partial charge in [0.15, 0.2) is 5.82 Å². The van der Waals surface area contributed by atoms with Crippen molar-refractivity contribution in [2.24, 2.45) is 0 Å². The zero-order valence-electron chi connectivity index (χ0n) is 30.7. The van der Waals surface area contributed by atoms with E-state index in [4.69, 9.17) is 15.3 Å². The monoisotopic (exact) mass is 666 g/mol. The second kappa shape index (κ2) is 21.1. The Hall–Kier alpha value is -5.02. The number of carbonyl (C=O) groups excluding carboxylic acids is 2. The zero-order valence-corrected chi connectivity index (χ0v) is 30.7. The first-order valence-electron chi connectivity index (χ1n) is 16.7. The van der Waals surface area contributed by atoms with E-state index in [0.29, 0.717) is 5.82 Å². The van der Waals surface area contributed by atoms with Crippen molar-refractivity contribution in [1.29, 1.82) is 0 Å². The lowest BCUT2D eigenvalue weighted by Gasteiger charge is -2.23. The summed E-state index contributed by atoms with van der Waals surface area (Å²) in [6.07, 6.45) is 9.68. The molecule has 0 radical (unpaired) electrons. The highest BCUT2D eigenvalue weighted by molar-refractivity contribution is 6.01. The summed E-state index contributed by atoms with van der Waals surface area (Å²) in [5.74, 6) is 2.13. The molecule has 1 aliphatic carbocycles. The van der Waals surface area contributed by atoms with Crippen molar-refractivity contribution < 1.29 is 14.3 Å². The smallest absolute Gasteiger partial charge is 0.250 e. The maximum absolute atomic E-state index is 12.0. The molecule has 2 N–H and O–H groups in total. The summed E-state index contributed by atoms with van der Waals surface area (Å²) in [6, 6.07) is 24.5. The van der Waals surface area contributed by atoms with Crippen LogP contribution in [0.5, 0.6) is 11.5 Å². The van der Waals surface area contributed by atoms with Gasteiger partial charge < -0.3 is 25.1 Å². The molecule has 262 valence electrons. The van der Waals surface area contributed by atoms with E-state index in [1.165, 1.54) is 32.5 Å².